The van der Waals surface area contributed by atoms with E-state index < -0.39 is 12.0 Å². The Kier molecular flexibility index (Phi) is 7.94. The van der Waals surface area contributed by atoms with Gasteiger partial charge in [0.25, 0.3) is 0 Å². The molecule has 0 aliphatic heterocycles. The molecule has 30 heavy (non-hydrogen) atoms. The molecule has 162 valence electrons. The van der Waals surface area contributed by atoms with Crippen molar-refractivity contribution < 1.29 is 23.9 Å². The fourth-order valence-corrected chi connectivity index (χ4v) is 3.66. The molecule has 0 bridgehead atoms. The second-order valence-corrected chi connectivity index (χ2v) is 7.18. The molecule has 0 saturated heterocycles. The molecule has 7 nitrogen and oxygen atoms in total. The lowest BCUT2D eigenvalue weighted by atomic mass is 10.00. The van der Waals surface area contributed by atoms with Crippen molar-refractivity contribution in [2.75, 3.05) is 20.3 Å². The van der Waals surface area contributed by atoms with Crippen molar-refractivity contribution in [3.8, 4) is 0 Å². The third-order valence-electron chi connectivity index (χ3n) is 5.40. The van der Waals surface area contributed by atoms with Crippen LogP contribution in [0.2, 0.25) is 0 Å². The minimum Gasteiger partial charge on any atom is -0.464 e. The van der Waals surface area contributed by atoms with Gasteiger partial charge in [-0.25, -0.2) is 4.79 Å². The Labute approximate surface area is 177 Å². The van der Waals surface area contributed by atoms with Gasteiger partial charge in [0.1, 0.15) is 12.3 Å². The van der Waals surface area contributed by atoms with Crippen molar-refractivity contribution in [3.05, 3.63) is 58.4 Å². The zero-order valence-electron chi connectivity index (χ0n) is 18.5. The average molecular weight is 415 g/mol. The molecule has 0 radical (unpaired) electrons. The van der Waals surface area contributed by atoms with Gasteiger partial charge in [-0.3, -0.25) is 9.59 Å². The number of Topliss-reactive ketones (excluding diaryl/α,β-unsaturated/α-hetero) is 1. The Balaban J connectivity index is 2.15. The highest BCUT2D eigenvalue weighted by atomic mass is 16.5. The lowest BCUT2D eigenvalue weighted by Gasteiger charge is -2.27. The van der Waals surface area contributed by atoms with E-state index in [0.717, 1.165) is 5.56 Å². The summed E-state index contributed by atoms with van der Waals surface area (Å²) >= 11 is 0. The van der Waals surface area contributed by atoms with E-state index in [0.29, 0.717) is 35.7 Å². The Morgan fingerprint density at radius 3 is 2.33 bits per heavy atom. The first kappa shape index (κ1) is 23.3. The van der Waals surface area contributed by atoms with Gasteiger partial charge in [0.15, 0.2) is 5.78 Å². The topological polar surface area (TPSA) is 77.8 Å². The number of rotatable bonds is 9. The molecule has 1 amide bonds. The van der Waals surface area contributed by atoms with Gasteiger partial charge in [0, 0.05) is 24.8 Å². The molecule has 0 aliphatic rings. The normalized spacial score (nSPS) is 11.8. The fourth-order valence-electron chi connectivity index (χ4n) is 3.66. The minimum atomic E-state index is -0.687. The van der Waals surface area contributed by atoms with E-state index >= 15 is 0 Å². The first-order chi connectivity index (χ1) is 14.2. The van der Waals surface area contributed by atoms with E-state index in [2.05, 4.69) is 0 Å². The van der Waals surface area contributed by atoms with E-state index in [1.807, 2.05) is 37.3 Å². The van der Waals surface area contributed by atoms with Crippen LogP contribution in [0, 0.1) is 13.8 Å². The number of carbonyl (C=O) groups excluding carboxylic acids is 3. The zero-order valence-corrected chi connectivity index (χ0v) is 18.5. The summed E-state index contributed by atoms with van der Waals surface area (Å²) in [7, 11) is 3.03. The Morgan fingerprint density at radius 1 is 1.13 bits per heavy atom. The van der Waals surface area contributed by atoms with Gasteiger partial charge < -0.3 is 18.9 Å². The summed E-state index contributed by atoms with van der Waals surface area (Å²) < 4.78 is 12.0. The molecule has 0 N–H and O–H groups in total. The summed E-state index contributed by atoms with van der Waals surface area (Å²) in [6, 6.07) is 8.90. The van der Waals surface area contributed by atoms with E-state index in [1.165, 1.54) is 12.0 Å². The van der Waals surface area contributed by atoms with Crippen LogP contribution in [-0.4, -0.2) is 53.4 Å². The van der Waals surface area contributed by atoms with Crippen molar-refractivity contribution in [3.63, 3.8) is 0 Å². The third-order valence-corrected chi connectivity index (χ3v) is 5.40. The van der Waals surface area contributed by atoms with Crippen LogP contribution in [0.1, 0.15) is 51.5 Å². The van der Waals surface area contributed by atoms with Gasteiger partial charge in [0.05, 0.1) is 19.8 Å². The summed E-state index contributed by atoms with van der Waals surface area (Å²) in [5.41, 5.74) is 2.98. The molecule has 0 fully saturated rings. The molecule has 0 aliphatic carbocycles. The van der Waals surface area contributed by atoms with Crippen molar-refractivity contribution in [1.29, 1.82) is 0 Å². The van der Waals surface area contributed by atoms with Crippen molar-refractivity contribution in [2.24, 2.45) is 7.05 Å². The molecule has 2 rings (SSSR count). The first-order valence-electron chi connectivity index (χ1n) is 9.94. The number of methoxy groups -OCH3 is 1. The second kappa shape index (κ2) is 10.2. The number of ether oxygens (including phenoxy) is 2. The molecule has 1 aromatic carbocycles. The van der Waals surface area contributed by atoms with Crippen LogP contribution < -0.4 is 0 Å². The number of ketones is 1. The maximum absolute atomic E-state index is 13.3. The molecule has 2 aromatic rings. The third kappa shape index (κ3) is 4.79. The van der Waals surface area contributed by atoms with Crippen LogP contribution in [0.15, 0.2) is 30.3 Å². The number of aromatic nitrogens is 1. The smallest absolute Gasteiger partial charge is 0.354 e. The molecule has 7 heteroatoms. The Hall–Kier alpha value is -2.93. The van der Waals surface area contributed by atoms with Gasteiger partial charge >= 0.3 is 5.97 Å². The molecule has 1 unspecified atom stereocenters. The van der Waals surface area contributed by atoms with Gasteiger partial charge in [-0.15, -0.1) is 0 Å². The van der Waals surface area contributed by atoms with E-state index in [1.54, 1.807) is 32.4 Å². The van der Waals surface area contributed by atoms with Crippen LogP contribution >= 0.6 is 0 Å². The predicted octanol–water partition coefficient (Wildman–Crippen LogP) is 3.07. The number of nitrogens with zero attached hydrogens (tertiary/aromatic N) is 2. The lowest BCUT2D eigenvalue weighted by Crippen LogP contribution is -2.45. The summed E-state index contributed by atoms with van der Waals surface area (Å²) in [6.07, 6.45) is 0. The Bertz CT molecular complexity index is 917. The highest BCUT2D eigenvalue weighted by Gasteiger charge is 2.31. The summed E-state index contributed by atoms with van der Waals surface area (Å²) in [5, 5.41) is 0. The molecule has 0 spiro atoms. The number of hydrogen-bond acceptors (Lipinski definition) is 5. The molecule has 1 heterocycles. The van der Waals surface area contributed by atoms with Crippen molar-refractivity contribution >= 4 is 17.7 Å². The maximum Gasteiger partial charge on any atom is 0.354 e. The SMILES string of the molecule is CCN(C(=O)COCc1ccccc1)C(C)C(=O)c1c(C)c(C(=O)OC)n(C)c1C. The van der Waals surface area contributed by atoms with Crippen LogP contribution in [0.25, 0.3) is 0 Å². The van der Waals surface area contributed by atoms with E-state index in [4.69, 9.17) is 9.47 Å². The van der Waals surface area contributed by atoms with Crippen molar-refractivity contribution in [1.82, 2.24) is 9.47 Å². The van der Waals surface area contributed by atoms with Gasteiger partial charge in [-0.05, 0) is 38.8 Å². The highest BCUT2D eigenvalue weighted by Crippen LogP contribution is 2.24. The quantitative estimate of drug-likeness (QED) is 0.466. The zero-order chi connectivity index (χ0) is 22.4. The van der Waals surface area contributed by atoms with Gasteiger partial charge in [-0.2, -0.15) is 0 Å². The first-order valence-corrected chi connectivity index (χ1v) is 9.94. The monoisotopic (exact) mass is 414 g/mol. The number of amides is 1. The second-order valence-electron chi connectivity index (χ2n) is 7.18. The standard InChI is InChI=1S/C23H30N2O5/c1-7-25(19(26)14-30-13-18-11-9-8-10-12-18)17(4)22(27)20-15(2)21(23(28)29-6)24(5)16(20)3/h8-12,17H,7,13-14H2,1-6H3. The lowest BCUT2D eigenvalue weighted by molar-refractivity contribution is -0.137. The molecular weight excluding hydrogens is 384 g/mol. The minimum absolute atomic E-state index is 0.111. The number of likely N-dealkylation sites (N-methyl/N-ethyl adjacent to an activating group) is 1. The molecule has 1 aromatic heterocycles. The van der Waals surface area contributed by atoms with Crippen LogP contribution in [-0.2, 0) is 27.9 Å². The van der Waals surface area contributed by atoms with Gasteiger partial charge in [-0.1, -0.05) is 30.3 Å². The highest BCUT2D eigenvalue weighted by molar-refractivity contribution is 6.06. The fraction of sp³-hybridized carbons (Fsp3) is 0.435. The van der Waals surface area contributed by atoms with E-state index in [-0.39, 0.29) is 18.3 Å². The average Bonchev–Trinajstić information content (AvgIpc) is 2.96. The van der Waals surface area contributed by atoms with Gasteiger partial charge in [0.2, 0.25) is 5.91 Å². The van der Waals surface area contributed by atoms with Crippen molar-refractivity contribution in [2.45, 2.75) is 40.3 Å². The Morgan fingerprint density at radius 2 is 1.77 bits per heavy atom. The van der Waals surface area contributed by atoms with Crippen LogP contribution in [0.3, 0.4) is 0 Å². The number of carbonyl (C=O) groups is 3. The number of esters is 1. The number of hydrogen-bond donors (Lipinski definition) is 0. The maximum atomic E-state index is 13.3. The summed E-state index contributed by atoms with van der Waals surface area (Å²) in [5.74, 6) is -0.967. The summed E-state index contributed by atoms with van der Waals surface area (Å²) in [4.78, 5) is 39.6. The largest absolute Gasteiger partial charge is 0.464 e. The molecule has 1 atom stereocenters. The molecular formula is C23H30N2O5. The summed E-state index contributed by atoms with van der Waals surface area (Å²) in [6.45, 7) is 7.61. The van der Waals surface area contributed by atoms with E-state index in [9.17, 15) is 14.4 Å². The predicted molar refractivity (Wildman–Crippen MR) is 114 cm³/mol. The van der Waals surface area contributed by atoms with Crippen LogP contribution in [0.4, 0.5) is 0 Å². The number of benzene rings is 1. The molecule has 0 saturated carbocycles. The van der Waals surface area contributed by atoms with Crippen LogP contribution in [0.5, 0.6) is 0 Å².